The number of likely N-dealkylation sites (tertiary alicyclic amines) is 1. The van der Waals surface area contributed by atoms with Gasteiger partial charge in [-0.1, -0.05) is 35.3 Å². The molecule has 2 aromatic carbocycles. The number of rotatable bonds is 5. The highest BCUT2D eigenvalue weighted by molar-refractivity contribution is 6.42. The summed E-state index contributed by atoms with van der Waals surface area (Å²) in [6.45, 7) is 2.77. The predicted molar refractivity (Wildman–Crippen MR) is 131 cm³/mol. The molecule has 2 atom stereocenters. The van der Waals surface area contributed by atoms with Gasteiger partial charge in [-0.2, -0.15) is 13.2 Å². The average Bonchev–Trinajstić information content (AvgIpc) is 3.26. The number of nitrogens with zero attached hydrogens (tertiary/aromatic N) is 3. The van der Waals surface area contributed by atoms with E-state index < -0.39 is 17.6 Å². The van der Waals surface area contributed by atoms with Gasteiger partial charge in [0.2, 0.25) is 0 Å². The van der Waals surface area contributed by atoms with Crippen LogP contribution in [0.15, 0.2) is 54.7 Å². The molecule has 0 unspecified atom stereocenters. The van der Waals surface area contributed by atoms with Gasteiger partial charge in [-0.15, -0.1) is 0 Å². The van der Waals surface area contributed by atoms with Crippen molar-refractivity contribution in [2.24, 2.45) is 0 Å². The quantitative estimate of drug-likeness (QED) is 0.343. The summed E-state index contributed by atoms with van der Waals surface area (Å²) < 4.78 is 53.0. The second-order valence-corrected chi connectivity index (χ2v) is 9.79. The molecule has 0 N–H and O–H groups in total. The molecular formula is C26H23Cl2F4N3O. The van der Waals surface area contributed by atoms with E-state index in [0.717, 1.165) is 23.4 Å². The Hall–Kier alpha value is -2.68. The minimum atomic E-state index is -4.76. The van der Waals surface area contributed by atoms with Gasteiger partial charge >= 0.3 is 6.18 Å². The molecule has 190 valence electrons. The number of alkyl halides is 3. The fourth-order valence-corrected chi connectivity index (χ4v) is 4.85. The van der Waals surface area contributed by atoms with E-state index in [-0.39, 0.29) is 24.4 Å². The maximum atomic E-state index is 14.2. The van der Waals surface area contributed by atoms with Crippen LogP contribution in [0.25, 0.3) is 0 Å². The predicted octanol–water partition coefficient (Wildman–Crippen LogP) is 6.59. The number of carbonyl (C=O) groups is 1. The van der Waals surface area contributed by atoms with Gasteiger partial charge in [-0.25, -0.2) is 4.39 Å². The highest BCUT2D eigenvalue weighted by Gasteiger charge is 2.39. The summed E-state index contributed by atoms with van der Waals surface area (Å²) in [7, 11) is 1.80. The zero-order valence-corrected chi connectivity index (χ0v) is 21.0. The maximum Gasteiger partial charge on any atom is 0.419 e. The minimum absolute atomic E-state index is 0.161. The van der Waals surface area contributed by atoms with Crippen LogP contribution in [0, 0.1) is 12.7 Å². The monoisotopic (exact) mass is 539 g/mol. The van der Waals surface area contributed by atoms with Crippen LogP contribution in [0.4, 0.5) is 17.6 Å². The van der Waals surface area contributed by atoms with Crippen LogP contribution in [0.5, 0.6) is 0 Å². The Morgan fingerprint density at radius 3 is 2.44 bits per heavy atom. The smallest absolute Gasteiger partial charge is 0.336 e. The van der Waals surface area contributed by atoms with Gasteiger partial charge in [-0.05, 0) is 61.5 Å². The van der Waals surface area contributed by atoms with Crippen LogP contribution in [0.2, 0.25) is 10.0 Å². The summed E-state index contributed by atoms with van der Waals surface area (Å²) in [5.74, 6) is -1.65. The molecule has 2 heterocycles. The van der Waals surface area contributed by atoms with E-state index in [9.17, 15) is 22.4 Å². The molecule has 0 aliphatic carbocycles. The third kappa shape index (κ3) is 5.66. The second-order valence-electron chi connectivity index (χ2n) is 8.97. The Labute approximate surface area is 216 Å². The summed E-state index contributed by atoms with van der Waals surface area (Å²) in [6, 6.07) is 11.5. The lowest BCUT2D eigenvalue weighted by Crippen LogP contribution is -2.38. The van der Waals surface area contributed by atoms with E-state index in [4.69, 9.17) is 23.2 Å². The Kier molecular flexibility index (Phi) is 7.59. The van der Waals surface area contributed by atoms with Crippen molar-refractivity contribution in [2.75, 3.05) is 20.1 Å². The van der Waals surface area contributed by atoms with Crippen LogP contribution in [0.3, 0.4) is 0 Å². The number of carbonyl (C=O) groups excluding carboxylic acids is 1. The molecule has 0 spiro atoms. The fourth-order valence-electron chi connectivity index (χ4n) is 4.54. The summed E-state index contributed by atoms with van der Waals surface area (Å²) in [5, 5.41) is 0.787. The first-order chi connectivity index (χ1) is 16.9. The van der Waals surface area contributed by atoms with Crippen molar-refractivity contribution >= 4 is 29.1 Å². The van der Waals surface area contributed by atoms with E-state index >= 15 is 0 Å². The molecule has 4 nitrogen and oxygen atoms in total. The fraction of sp³-hybridized carbons (Fsp3) is 0.308. The number of hydrogen-bond donors (Lipinski definition) is 0. The van der Waals surface area contributed by atoms with Gasteiger partial charge in [0, 0.05) is 43.5 Å². The molecule has 1 aliphatic heterocycles. The lowest BCUT2D eigenvalue weighted by Gasteiger charge is -2.29. The zero-order valence-electron chi connectivity index (χ0n) is 19.5. The van der Waals surface area contributed by atoms with Crippen molar-refractivity contribution in [1.82, 2.24) is 14.8 Å². The third-order valence-electron chi connectivity index (χ3n) is 6.44. The van der Waals surface area contributed by atoms with Crippen molar-refractivity contribution < 1.29 is 22.4 Å². The lowest BCUT2D eigenvalue weighted by atomic mass is 9.93. The van der Waals surface area contributed by atoms with Gasteiger partial charge in [0.15, 0.2) is 0 Å². The number of aromatic nitrogens is 1. The van der Waals surface area contributed by atoms with Gasteiger partial charge in [0.1, 0.15) is 5.82 Å². The summed E-state index contributed by atoms with van der Waals surface area (Å²) in [4.78, 5) is 21.1. The Bertz CT molecular complexity index is 1270. The van der Waals surface area contributed by atoms with Gasteiger partial charge < -0.3 is 4.90 Å². The number of pyridine rings is 1. The van der Waals surface area contributed by atoms with Gasteiger partial charge in [0.25, 0.3) is 5.91 Å². The maximum absolute atomic E-state index is 14.2. The third-order valence-corrected chi connectivity index (χ3v) is 7.18. The van der Waals surface area contributed by atoms with Crippen molar-refractivity contribution in [3.63, 3.8) is 0 Å². The highest BCUT2D eigenvalue weighted by Crippen LogP contribution is 2.36. The first-order valence-corrected chi connectivity index (χ1v) is 11.9. The van der Waals surface area contributed by atoms with Crippen molar-refractivity contribution in [3.05, 3.63) is 98.5 Å². The molecule has 1 fully saturated rings. The molecule has 1 aliphatic rings. The van der Waals surface area contributed by atoms with Crippen molar-refractivity contribution in [2.45, 2.75) is 31.6 Å². The SMILES string of the molecule is Cc1ccc(C(=O)N2C[C@H](c3ccc(Cl)c(Cl)c3)[C@H](N(C)Cc3ccc(C(F)(F)F)c(F)c3)C2)cn1. The van der Waals surface area contributed by atoms with Crippen molar-refractivity contribution in [3.8, 4) is 0 Å². The normalized spacial score (nSPS) is 18.2. The Morgan fingerprint density at radius 1 is 1.08 bits per heavy atom. The minimum Gasteiger partial charge on any atom is -0.336 e. The van der Waals surface area contributed by atoms with Gasteiger partial charge in [0.05, 0.1) is 21.2 Å². The van der Waals surface area contributed by atoms with E-state index in [0.29, 0.717) is 34.3 Å². The molecule has 0 bridgehead atoms. The molecule has 1 saturated heterocycles. The number of benzene rings is 2. The Morgan fingerprint density at radius 2 is 1.83 bits per heavy atom. The first-order valence-electron chi connectivity index (χ1n) is 11.2. The first kappa shape index (κ1) is 26.4. The molecule has 1 aromatic heterocycles. The van der Waals surface area contributed by atoms with Gasteiger partial charge in [-0.3, -0.25) is 14.7 Å². The molecule has 1 amide bonds. The summed E-state index contributed by atoms with van der Waals surface area (Å²) in [6.07, 6.45) is -3.22. The van der Waals surface area contributed by atoms with Crippen LogP contribution >= 0.6 is 23.2 Å². The van der Waals surface area contributed by atoms with E-state index in [1.165, 1.54) is 12.3 Å². The standard InChI is InChI=1S/C26H23Cl2F4N3O/c1-15-3-5-18(11-33-15)25(36)35-13-19(17-6-8-21(27)22(28)10-17)24(14-35)34(2)12-16-4-7-20(23(29)9-16)26(30,31)32/h3-11,19,24H,12-14H2,1-2H3/t19-,24-/m1/s1. The molecule has 10 heteroatoms. The average molecular weight is 540 g/mol. The molecular weight excluding hydrogens is 517 g/mol. The Balaban J connectivity index is 1.61. The molecule has 36 heavy (non-hydrogen) atoms. The molecule has 0 saturated carbocycles. The number of amides is 1. The molecule has 0 radical (unpaired) electrons. The van der Waals surface area contributed by atoms with Crippen LogP contribution in [0.1, 0.15) is 38.7 Å². The topological polar surface area (TPSA) is 36.4 Å². The van der Waals surface area contributed by atoms with E-state index in [2.05, 4.69) is 4.98 Å². The van der Waals surface area contributed by atoms with Crippen molar-refractivity contribution in [1.29, 1.82) is 0 Å². The second kappa shape index (κ2) is 10.4. The number of hydrogen-bond acceptors (Lipinski definition) is 3. The molecule has 3 aromatic rings. The van der Waals surface area contributed by atoms with E-state index in [1.807, 2.05) is 17.9 Å². The summed E-state index contributed by atoms with van der Waals surface area (Å²) in [5.41, 5.74) is 1.22. The molecule has 4 rings (SSSR count). The van der Waals surface area contributed by atoms with Crippen LogP contribution < -0.4 is 0 Å². The number of likely N-dealkylation sites (N-methyl/N-ethyl adjacent to an activating group) is 1. The largest absolute Gasteiger partial charge is 0.419 e. The van der Waals surface area contributed by atoms with Crippen LogP contribution in [-0.4, -0.2) is 46.9 Å². The number of aryl methyl sites for hydroxylation is 1. The zero-order chi connectivity index (χ0) is 26.2. The highest BCUT2D eigenvalue weighted by atomic mass is 35.5. The van der Waals surface area contributed by atoms with Crippen LogP contribution in [-0.2, 0) is 12.7 Å². The van der Waals surface area contributed by atoms with E-state index in [1.54, 1.807) is 36.2 Å². The lowest BCUT2D eigenvalue weighted by molar-refractivity contribution is -0.140. The number of halogens is 6. The summed E-state index contributed by atoms with van der Waals surface area (Å²) >= 11 is 12.4.